The predicted octanol–water partition coefficient (Wildman–Crippen LogP) is 2.04. The third-order valence-electron chi connectivity index (χ3n) is 3.31. The first kappa shape index (κ1) is 14.2. The molecule has 3 atom stereocenters. The summed E-state index contributed by atoms with van der Waals surface area (Å²) in [4.78, 5) is 11.6. The Kier molecular flexibility index (Phi) is 4.37. The van der Waals surface area contributed by atoms with Crippen LogP contribution in [0, 0.1) is 13.8 Å². The van der Waals surface area contributed by atoms with Crippen molar-refractivity contribution in [3.63, 3.8) is 0 Å². The maximum absolute atomic E-state index is 12.3. The number of carboxylic acid groups (broad SMARTS) is 1. The van der Waals surface area contributed by atoms with E-state index in [-0.39, 0.29) is 6.10 Å². The van der Waals surface area contributed by atoms with Gasteiger partial charge in [-0.15, -0.1) is 0 Å². The topological polar surface area (TPSA) is 63.6 Å². The summed E-state index contributed by atoms with van der Waals surface area (Å²) in [5.74, 6) is -0.561. The quantitative estimate of drug-likeness (QED) is 0.918. The lowest BCUT2D eigenvalue weighted by atomic mass is 10.2. The molecule has 3 unspecified atom stereocenters. The normalized spacial score (nSPS) is 24.3. The summed E-state index contributed by atoms with van der Waals surface area (Å²) in [7, 11) is -1.14. The summed E-state index contributed by atoms with van der Waals surface area (Å²) in [6.45, 7) is 3.90. The fourth-order valence-corrected chi connectivity index (χ4v) is 3.73. The molecule has 0 aromatic heterocycles. The molecule has 1 aromatic rings. The van der Waals surface area contributed by atoms with Gasteiger partial charge in [-0.05, 0) is 43.9 Å². The summed E-state index contributed by atoms with van der Waals surface area (Å²) in [5.41, 5.74) is 2.07. The molecule has 0 spiro atoms. The van der Waals surface area contributed by atoms with Crippen LogP contribution in [0.15, 0.2) is 23.1 Å². The molecule has 0 bridgehead atoms. The second-order valence-electron chi connectivity index (χ2n) is 4.94. The minimum atomic E-state index is -1.14. The minimum absolute atomic E-state index is 0.221. The Balaban J connectivity index is 2.02. The van der Waals surface area contributed by atoms with Gasteiger partial charge in [0, 0.05) is 4.90 Å². The Labute approximate surface area is 115 Å². The fourth-order valence-electron chi connectivity index (χ4n) is 2.22. The number of carboxylic acids is 1. The second kappa shape index (κ2) is 5.84. The molecule has 1 fully saturated rings. The molecule has 1 saturated heterocycles. The van der Waals surface area contributed by atoms with E-state index in [9.17, 15) is 9.00 Å². The first-order chi connectivity index (χ1) is 8.97. The summed E-state index contributed by atoms with van der Waals surface area (Å²) in [6, 6.07) is 5.87. The molecule has 1 aliphatic rings. The van der Waals surface area contributed by atoms with Crippen LogP contribution in [-0.4, -0.2) is 33.2 Å². The van der Waals surface area contributed by atoms with E-state index in [1.54, 1.807) is 0 Å². The van der Waals surface area contributed by atoms with Crippen LogP contribution in [0.3, 0.4) is 0 Å². The summed E-state index contributed by atoms with van der Waals surface area (Å²) in [5, 5.41) is 8.86. The van der Waals surface area contributed by atoms with E-state index in [4.69, 9.17) is 9.84 Å². The van der Waals surface area contributed by atoms with Gasteiger partial charge in [-0.25, -0.2) is 4.79 Å². The highest BCUT2D eigenvalue weighted by atomic mass is 32.2. The molecular formula is C14H18O4S. The van der Waals surface area contributed by atoms with Crippen molar-refractivity contribution in [1.29, 1.82) is 0 Å². The van der Waals surface area contributed by atoms with E-state index in [0.717, 1.165) is 16.0 Å². The van der Waals surface area contributed by atoms with Crippen LogP contribution in [0.2, 0.25) is 0 Å². The van der Waals surface area contributed by atoms with Crippen LogP contribution in [0.25, 0.3) is 0 Å². The standard InChI is InChI=1S/C14H18O4S/c1-9-3-4-10(2)13(7-9)19(17)8-11-5-6-12(18-11)14(15)16/h3-4,7,11-12H,5-6,8H2,1-2H3,(H,15,16). The summed E-state index contributed by atoms with van der Waals surface area (Å²) < 4.78 is 17.7. The Bertz CT molecular complexity index is 512. The lowest BCUT2D eigenvalue weighted by Gasteiger charge is -2.12. The number of hydrogen-bond donors (Lipinski definition) is 1. The molecule has 1 heterocycles. The second-order valence-corrected chi connectivity index (χ2v) is 6.41. The molecule has 0 saturated carbocycles. The van der Waals surface area contributed by atoms with Gasteiger partial charge in [-0.2, -0.15) is 0 Å². The molecule has 19 heavy (non-hydrogen) atoms. The molecule has 2 rings (SSSR count). The van der Waals surface area contributed by atoms with Crippen LogP contribution in [-0.2, 0) is 20.3 Å². The van der Waals surface area contributed by atoms with Gasteiger partial charge in [-0.3, -0.25) is 4.21 Å². The summed E-state index contributed by atoms with van der Waals surface area (Å²) >= 11 is 0. The van der Waals surface area contributed by atoms with Crippen LogP contribution in [0.5, 0.6) is 0 Å². The molecule has 1 aliphatic heterocycles. The van der Waals surface area contributed by atoms with Gasteiger partial charge in [0.25, 0.3) is 0 Å². The van der Waals surface area contributed by atoms with Crippen molar-refractivity contribution in [2.45, 2.75) is 43.8 Å². The van der Waals surface area contributed by atoms with Gasteiger partial charge in [0.1, 0.15) is 0 Å². The average molecular weight is 282 g/mol. The number of aliphatic carboxylic acids is 1. The minimum Gasteiger partial charge on any atom is -0.479 e. The Hall–Kier alpha value is -1.20. The van der Waals surface area contributed by atoms with Gasteiger partial charge in [-0.1, -0.05) is 12.1 Å². The van der Waals surface area contributed by atoms with Crippen molar-refractivity contribution < 1.29 is 18.8 Å². The zero-order valence-corrected chi connectivity index (χ0v) is 11.9. The number of rotatable bonds is 4. The monoisotopic (exact) mass is 282 g/mol. The Morgan fingerprint density at radius 1 is 1.42 bits per heavy atom. The smallest absolute Gasteiger partial charge is 0.332 e. The van der Waals surface area contributed by atoms with Crippen molar-refractivity contribution in [1.82, 2.24) is 0 Å². The maximum Gasteiger partial charge on any atom is 0.332 e. The molecule has 5 heteroatoms. The van der Waals surface area contributed by atoms with Crippen molar-refractivity contribution in [3.8, 4) is 0 Å². The average Bonchev–Trinajstić information content (AvgIpc) is 2.80. The molecule has 0 radical (unpaired) electrons. The lowest BCUT2D eigenvalue weighted by Crippen LogP contribution is -2.23. The van der Waals surface area contributed by atoms with Crippen molar-refractivity contribution in [2.24, 2.45) is 0 Å². The van der Waals surface area contributed by atoms with Crippen molar-refractivity contribution in [3.05, 3.63) is 29.3 Å². The Morgan fingerprint density at radius 3 is 2.79 bits per heavy atom. The zero-order chi connectivity index (χ0) is 14.0. The molecule has 104 valence electrons. The van der Waals surface area contributed by atoms with E-state index < -0.39 is 22.9 Å². The number of benzene rings is 1. The predicted molar refractivity (Wildman–Crippen MR) is 72.7 cm³/mol. The van der Waals surface area contributed by atoms with Gasteiger partial charge >= 0.3 is 5.97 Å². The molecule has 0 amide bonds. The fraction of sp³-hybridized carbons (Fsp3) is 0.500. The first-order valence-corrected chi connectivity index (χ1v) is 7.63. The highest BCUT2D eigenvalue weighted by molar-refractivity contribution is 7.85. The number of ether oxygens (including phenoxy) is 1. The molecular weight excluding hydrogens is 264 g/mol. The van der Waals surface area contributed by atoms with E-state index in [1.807, 2.05) is 32.0 Å². The van der Waals surface area contributed by atoms with Crippen molar-refractivity contribution >= 4 is 16.8 Å². The van der Waals surface area contributed by atoms with E-state index in [2.05, 4.69) is 0 Å². The third kappa shape index (κ3) is 3.42. The highest BCUT2D eigenvalue weighted by Crippen LogP contribution is 2.23. The van der Waals surface area contributed by atoms with E-state index in [1.165, 1.54) is 0 Å². The number of hydrogen-bond acceptors (Lipinski definition) is 3. The molecule has 4 nitrogen and oxygen atoms in total. The highest BCUT2D eigenvalue weighted by Gasteiger charge is 2.31. The van der Waals surface area contributed by atoms with E-state index >= 15 is 0 Å². The number of aryl methyl sites for hydroxylation is 2. The SMILES string of the molecule is Cc1ccc(C)c(S(=O)CC2CCC(C(=O)O)O2)c1. The maximum atomic E-state index is 12.3. The van der Waals surface area contributed by atoms with Gasteiger partial charge in [0.15, 0.2) is 6.10 Å². The summed E-state index contributed by atoms with van der Waals surface area (Å²) in [6.07, 6.45) is 0.208. The lowest BCUT2D eigenvalue weighted by molar-refractivity contribution is -0.148. The van der Waals surface area contributed by atoms with Gasteiger partial charge < -0.3 is 9.84 Å². The van der Waals surface area contributed by atoms with Crippen LogP contribution in [0.1, 0.15) is 24.0 Å². The van der Waals surface area contributed by atoms with Gasteiger partial charge in [0.2, 0.25) is 0 Å². The zero-order valence-electron chi connectivity index (χ0n) is 11.1. The van der Waals surface area contributed by atoms with Crippen molar-refractivity contribution in [2.75, 3.05) is 5.75 Å². The van der Waals surface area contributed by atoms with Crippen LogP contribution >= 0.6 is 0 Å². The Morgan fingerprint density at radius 2 is 2.16 bits per heavy atom. The first-order valence-electron chi connectivity index (χ1n) is 6.31. The third-order valence-corrected chi connectivity index (χ3v) is 4.91. The molecule has 1 N–H and O–H groups in total. The molecule has 1 aromatic carbocycles. The van der Waals surface area contributed by atoms with E-state index in [0.29, 0.717) is 18.6 Å². The van der Waals surface area contributed by atoms with Crippen LogP contribution in [0.4, 0.5) is 0 Å². The van der Waals surface area contributed by atoms with Crippen LogP contribution < -0.4 is 0 Å². The largest absolute Gasteiger partial charge is 0.479 e. The number of carbonyl (C=O) groups is 1. The van der Waals surface area contributed by atoms with Gasteiger partial charge in [0.05, 0.1) is 22.7 Å². The molecule has 0 aliphatic carbocycles.